The topological polar surface area (TPSA) is 53.2 Å². The molecule has 2 aliphatic carbocycles. The van der Waals surface area contributed by atoms with E-state index in [2.05, 4.69) is 11.5 Å². The molecule has 116 valence electrons. The molecule has 0 aromatic heterocycles. The highest BCUT2D eigenvalue weighted by Gasteiger charge is 2.59. The third-order valence-electron chi connectivity index (χ3n) is 3.39. The molecule has 7 heteroatoms. The largest absolute Gasteiger partial charge is 0.447 e. The lowest BCUT2D eigenvalue weighted by atomic mass is 9.77. The predicted molar refractivity (Wildman–Crippen MR) is 87.4 cm³/mol. The Hall–Kier alpha value is -1.61. The molecule has 1 unspecified atom stereocenters. The molecule has 1 atom stereocenters. The molecule has 3 rings (SSSR count). The molecule has 0 heterocycles. The van der Waals surface area contributed by atoms with Crippen LogP contribution in [0, 0.1) is 11.3 Å². The van der Waals surface area contributed by atoms with Crippen LogP contribution in [0.4, 0.5) is 8.78 Å². The minimum atomic E-state index is -3.31. The average molecular weight is 446 g/mol. The van der Waals surface area contributed by atoms with Gasteiger partial charge in [0.2, 0.25) is 0 Å². The van der Waals surface area contributed by atoms with Crippen molar-refractivity contribution in [2.45, 2.75) is 18.4 Å². The Morgan fingerprint density at radius 1 is 1.39 bits per heavy atom. The molecule has 0 bridgehead atoms. The zero-order chi connectivity index (χ0) is 16.8. The number of nitrogens with zero attached hydrogens (tertiary/aromatic N) is 1. The van der Waals surface area contributed by atoms with E-state index in [0.717, 1.165) is 0 Å². The molecule has 0 saturated heterocycles. The van der Waals surface area contributed by atoms with Gasteiger partial charge in [-0.2, -0.15) is 14.0 Å². The van der Waals surface area contributed by atoms with Crippen LogP contribution >= 0.6 is 34.2 Å². The lowest BCUT2D eigenvalue weighted by Crippen LogP contribution is -2.49. The second kappa shape index (κ2) is 5.79. The van der Waals surface area contributed by atoms with Crippen molar-refractivity contribution < 1.29 is 18.6 Å². The minimum Gasteiger partial charge on any atom is -0.447 e. The van der Waals surface area contributed by atoms with Gasteiger partial charge in [-0.05, 0) is 52.1 Å². The highest BCUT2D eigenvalue weighted by Crippen LogP contribution is 2.51. The maximum Gasteiger partial charge on any atom is 0.310 e. The monoisotopic (exact) mass is 445 g/mol. The molecule has 2 aliphatic rings. The zero-order valence-corrected chi connectivity index (χ0v) is 14.2. The van der Waals surface area contributed by atoms with Crippen molar-refractivity contribution in [1.29, 1.82) is 5.26 Å². The molecule has 3 nitrogen and oxygen atoms in total. The summed E-state index contributed by atoms with van der Waals surface area (Å²) in [5.74, 6) is -2.78. The molecule has 23 heavy (non-hydrogen) atoms. The lowest BCUT2D eigenvalue weighted by molar-refractivity contribution is -0.0915. The summed E-state index contributed by atoms with van der Waals surface area (Å²) in [7, 11) is 0. The summed E-state index contributed by atoms with van der Waals surface area (Å²) in [5.41, 5.74) is 5.29. The van der Waals surface area contributed by atoms with Gasteiger partial charge in [-0.3, -0.25) is 0 Å². The van der Waals surface area contributed by atoms with Crippen LogP contribution in [-0.4, -0.2) is 17.1 Å². The van der Waals surface area contributed by atoms with Gasteiger partial charge in [0.25, 0.3) is 0 Å². The number of nitriles is 1. The summed E-state index contributed by atoms with van der Waals surface area (Å²) in [6.45, 7) is 0. The van der Waals surface area contributed by atoms with Gasteiger partial charge in [-0.25, -0.2) is 0 Å². The van der Waals surface area contributed by atoms with Gasteiger partial charge in [-0.15, -0.1) is 0 Å². The SMILES string of the molecule is N#CCc1cc(Cl)cc(OC2=C=C=C3C(=C2I)C(O)C3(F)F)c1. The Bertz CT molecular complexity index is 888. The van der Waals surface area contributed by atoms with Crippen molar-refractivity contribution >= 4 is 34.2 Å². The van der Waals surface area contributed by atoms with E-state index < -0.39 is 12.0 Å². The first-order chi connectivity index (χ1) is 10.8. The van der Waals surface area contributed by atoms with E-state index in [1.807, 2.05) is 28.7 Å². The van der Waals surface area contributed by atoms with Crippen molar-refractivity contribution in [3.05, 3.63) is 60.7 Å². The van der Waals surface area contributed by atoms with Crippen LogP contribution in [0.15, 0.2) is 50.1 Å². The highest BCUT2D eigenvalue weighted by molar-refractivity contribution is 14.1. The van der Waals surface area contributed by atoms with E-state index in [1.165, 1.54) is 6.07 Å². The standard InChI is InChI=1S/C16H7ClF2INO2/c17-9-5-8(3-4-21)6-10(7-9)23-12-2-1-11-13(14(12)20)15(22)16(11,18)19/h5-7,15,22H,3H2. The van der Waals surface area contributed by atoms with Crippen molar-refractivity contribution in [2.75, 3.05) is 0 Å². The number of allylic oxidation sites excluding steroid dienone is 1. The van der Waals surface area contributed by atoms with E-state index in [-0.39, 0.29) is 23.3 Å². The van der Waals surface area contributed by atoms with Crippen LogP contribution in [0.25, 0.3) is 0 Å². The molecule has 1 aromatic carbocycles. The fourth-order valence-electron chi connectivity index (χ4n) is 2.29. The molecule has 0 amide bonds. The normalized spacial score (nSPS) is 21.0. The number of hydrogen-bond donors (Lipinski definition) is 1. The molecule has 0 radical (unpaired) electrons. The van der Waals surface area contributed by atoms with Gasteiger partial charge in [0, 0.05) is 10.6 Å². The van der Waals surface area contributed by atoms with Gasteiger partial charge < -0.3 is 9.84 Å². The lowest BCUT2D eigenvalue weighted by Gasteiger charge is -2.38. The Balaban J connectivity index is 1.98. The maximum absolute atomic E-state index is 13.5. The summed E-state index contributed by atoms with van der Waals surface area (Å²) < 4.78 is 32.9. The summed E-state index contributed by atoms with van der Waals surface area (Å²) in [4.78, 5) is 0. The highest BCUT2D eigenvalue weighted by atomic mass is 127. The Kier molecular flexibility index (Phi) is 4.09. The average Bonchev–Trinajstić information content (AvgIpc) is 2.48. The van der Waals surface area contributed by atoms with Gasteiger partial charge in [0.1, 0.15) is 11.9 Å². The fraction of sp³-hybridized carbons (Fsp3) is 0.188. The molecule has 1 fully saturated rings. The molecular weight excluding hydrogens is 439 g/mol. The minimum absolute atomic E-state index is 0.101. The molecular formula is C16H7ClF2INO2. The third-order valence-corrected chi connectivity index (χ3v) is 4.68. The van der Waals surface area contributed by atoms with E-state index >= 15 is 0 Å². The molecule has 1 N–H and O–H groups in total. The second-order valence-electron chi connectivity index (χ2n) is 4.94. The smallest absolute Gasteiger partial charge is 0.310 e. The second-order valence-corrected chi connectivity index (χ2v) is 6.45. The van der Waals surface area contributed by atoms with Gasteiger partial charge in [0.05, 0.1) is 21.6 Å². The number of fused-ring (bicyclic) bond motifs is 1. The van der Waals surface area contributed by atoms with Crippen LogP contribution in [0.2, 0.25) is 5.02 Å². The maximum atomic E-state index is 13.5. The molecule has 1 saturated carbocycles. The number of hydrogen-bond acceptors (Lipinski definition) is 3. The first-order valence-corrected chi connectivity index (χ1v) is 7.87. The number of rotatable bonds is 3. The number of alkyl halides is 2. The fourth-order valence-corrected chi connectivity index (χ4v) is 3.35. The number of aliphatic hydroxyl groups excluding tert-OH is 1. The van der Waals surface area contributed by atoms with E-state index in [9.17, 15) is 13.9 Å². The van der Waals surface area contributed by atoms with Crippen LogP contribution in [0.5, 0.6) is 5.75 Å². The number of halogens is 4. The van der Waals surface area contributed by atoms with E-state index in [4.69, 9.17) is 21.6 Å². The number of benzene rings is 1. The summed E-state index contributed by atoms with van der Waals surface area (Å²) in [6.07, 6.45) is -1.70. The summed E-state index contributed by atoms with van der Waals surface area (Å²) in [6, 6.07) is 6.81. The van der Waals surface area contributed by atoms with Gasteiger partial charge in [0.15, 0.2) is 5.76 Å². The molecule has 1 aromatic rings. The van der Waals surface area contributed by atoms with Gasteiger partial charge in [-0.1, -0.05) is 17.3 Å². The third kappa shape index (κ3) is 2.72. The summed E-state index contributed by atoms with van der Waals surface area (Å²) >= 11 is 7.79. The number of aliphatic hydroxyl groups is 1. The van der Waals surface area contributed by atoms with E-state index in [0.29, 0.717) is 19.9 Å². The van der Waals surface area contributed by atoms with Gasteiger partial charge >= 0.3 is 5.92 Å². The Labute approximate surface area is 149 Å². The van der Waals surface area contributed by atoms with Crippen LogP contribution in [0.3, 0.4) is 0 Å². The van der Waals surface area contributed by atoms with Crippen molar-refractivity contribution in [1.82, 2.24) is 0 Å². The Morgan fingerprint density at radius 2 is 2.13 bits per heavy atom. The molecule has 0 spiro atoms. The number of ether oxygens (including phenoxy) is 1. The quantitative estimate of drug-likeness (QED) is 0.564. The first kappa shape index (κ1) is 16.3. The van der Waals surface area contributed by atoms with Crippen LogP contribution < -0.4 is 4.74 Å². The molecule has 0 aliphatic heterocycles. The first-order valence-electron chi connectivity index (χ1n) is 6.41. The summed E-state index contributed by atoms with van der Waals surface area (Å²) in [5, 5.41) is 18.7. The van der Waals surface area contributed by atoms with Crippen LogP contribution in [-0.2, 0) is 6.42 Å². The van der Waals surface area contributed by atoms with Crippen molar-refractivity contribution in [3.63, 3.8) is 0 Å². The van der Waals surface area contributed by atoms with E-state index in [1.54, 1.807) is 12.1 Å². The zero-order valence-electron chi connectivity index (χ0n) is 11.3. The van der Waals surface area contributed by atoms with Crippen molar-refractivity contribution in [2.24, 2.45) is 0 Å². The Morgan fingerprint density at radius 3 is 2.83 bits per heavy atom. The van der Waals surface area contributed by atoms with Crippen LogP contribution in [0.1, 0.15) is 5.56 Å². The van der Waals surface area contributed by atoms with Crippen molar-refractivity contribution in [3.8, 4) is 11.8 Å². The predicted octanol–water partition coefficient (Wildman–Crippen LogP) is 4.06.